The van der Waals surface area contributed by atoms with Crippen LogP contribution in [0.25, 0.3) is 16.2 Å². The number of anilines is 1. The van der Waals surface area contributed by atoms with E-state index in [-0.39, 0.29) is 12.3 Å². The molecule has 0 saturated carbocycles. The predicted molar refractivity (Wildman–Crippen MR) is 102 cm³/mol. The van der Waals surface area contributed by atoms with Crippen LogP contribution in [0.2, 0.25) is 0 Å². The zero-order valence-corrected chi connectivity index (χ0v) is 14.9. The van der Waals surface area contributed by atoms with E-state index >= 15 is 0 Å². The number of thiazole rings is 1. The Balaban J connectivity index is 1.51. The lowest BCUT2D eigenvalue weighted by atomic mass is 10.2. The molecule has 0 unspecified atom stereocenters. The number of carbonyl (C=O) groups is 1. The van der Waals surface area contributed by atoms with Gasteiger partial charge in [-0.2, -0.15) is 0 Å². The maximum Gasteiger partial charge on any atom is 0.230 e. The number of aromatic nitrogens is 3. The van der Waals surface area contributed by atoms with Crippen molar-refractivity contribution in [2.24, 2.45) is 0 Å². The van der Waals surface area contributed by atoms with E-state index in [2.05, 4.69) is 15.3 Å². The first-order chi connectivity index (χ1) is 12.7. The van der Waals surface area contributed by atoms with Gasteiger partial charge in [0.15, 0.2) is 4.96 Å². The van der Waals surface area contributed by atoms with Crippen molar-refractivity contribution in [3.05, 3.63) is 65.9 Å². The predicted octanol–water partition coefficient (Wildman–Crippen LogP) is 3.65. The average Bonchev–Trinajstić information content (AvgIpc) is 3.25. The van der Waals surface area contributed by atoms with Gasteiger partial charge in [0.2, 0.25) is 11.8 Å². The molecule has 130 valence electrons. The van der Waals surface area contributed by atoms with E-state index < -0.39 is 0 Å². The smallest absolute Gasteiger partial charge is 0.230 e. The minimum absolute atomic E-state index is 0.105. The van der Waals surface area contributed by atoms with Crippen molar-refractivity contribution in [3.8, 4) is 17.1 Å². The highest BCUT2D eigenvalue weighted by atomic mass is 32.1. The second-order valence-corrected chi connectivity index (χ2v) is 6.52. The quantitative estimate of drug-likeness (QED) is 0.587. The van der Waals surface area contributed by atoms with E-state index in [1.165, 1.54) is 11.3 Å². The molecule has 1 amide bonds. The molecule has 7 heteroatoms. The first-order valence-electron chi connectivity index (χ1n) is 8.04. The molecular formula is C19H16N4O2S. The molecule has 0 aliphatic rings. The SMILES string of the molecule is COc1ccc(NC(=O)Cc2csc3nc(-c4ccccc4)cn23)cn1. The van der Waals surface area contributed by atoms with E-state index in [1.807, 2.05) is 46.3 Å². The summed E-state index contributed by atoms with van der Waals surface area (Å²) in [6.07, 6.45) is 3.81. The van der Waals surface area contributed by atoms with Crippen LogP contribution in [0, 0.1) is 0 Å². The Hall–Kier alpha value is -3.19. The van der Waals surface area contributed by atoms with Crippen LogP contribution in [0.1, 0.15) is 5.69 Å². The van der Waals surface area contributed by atoms with Gasteiger partial charge >= 0.3 is 0 Å². The van der Waals surface area contributed by atoms with Gasteiger partial charge < -0.3 is 10.1 Å². The van der Waals surface area contributed by atoms with Gasteiger partial charge in [0, 0.05) is 28.9 Å². The lowest BCUT2D eigenvalue weighted by molar-refractivity contribution is -0.115. The minimum atomic E-state index is -0.105. The summed E-state index contributed by atoms with van der Waals surface area (Å²) in [7, 11) is 1.55. The van der Waals surface area contributed by atoms with Gasteiger partial charge in [-0.1, -0.05) is 30.3 Å². The molecule has 0 radical (unpaired) electrons. The second-order valence-electron chi connectivity index (χ2n) is 5.69. The summed E-state index contributed by atoms with van der Waals surface area (Å²) in [5, 5.41) is 4.81. The Morgan fingerprint density at radius 3 is 2.81 bits per heavy atom. The first kappa shape index (κ1) is 16.3. The van der Waals surface area contributed by atoms with E-state index in [0.29, 0.717) is 11.6 Å². The Kier molecular flexibility index (Phi) is 4.37. The molecule has 1 N–H and O–H groups in total. The highest BCUT2D eigenvalue weighted by Gasteiger charge is 2.13. The summed E-state index contributed by atoms with van der Waals surface area (Å²) in [6, 6.07) is 13.5. The van der Waals surface area contributed by atoms with Crippen LogP contribution in [-0.2, 0) is 11.2 Å². The van der Waals surface area contributed by atoms with Gasteiger partial charge in [0.25, 0.3) is 0 Å². The molecule has 4 rings (SSSR count). The third-order valence-electron chi connectivity index (χ3n) is 3.92. The topological polar surface area (TPSA) is 68.5 Å². The van der Waals surface area contributed by atoms with Crippen molar-refractivity contribution in [1.29, 1.82) is 0 Å². The van der Waals surface area contributed by atoms with Gasteiger partial charge in [-0.25, -0.2) is 9.97 Å². The number of fused-ring (bicyclic) bond motifs is 1. The van der Waals surface area contributed by atoms with Gasteiger partial charge in [-0.05, 0) is 6.07 Å². The maximum absolute atomic E-state index is 12.4. The molecule has 3 heterocycles. The summed E-state index contributed by atoms with van der Waals surface area (Å²) >= 11 is 1.53. The van der Waals surface area contributed by atoms with Gasteiger partial charge in [0.1, 0.15) is 0 Å². The van der Waals surface area contributed by atoms with E-state index in [0.717, 1.165) is 21.9 Å². The number of amides is 1. The summed E-state index contributed by atoms with van der Waals surface area (Å²) in [5.74, 6) is 0.404. The number of hydrogen-bond acceptors (Lipinski definition) is 5. The molecule has 0 atom stereocenters. The zero-order valence-electron chi connectivity index (χ0n) is 14.0. The number of carbonyl (C=O) groups excluding carboxylic acids is 1. The van der Waals surface area contributed by atoms with Gasteiger partial charge in [-0.3, -0.25) is 9.20 Å². The number of methoxy groups -OCH3 is 1. The zero-order chi connectivity index (χ0) is 17.9. The van der Waals surface area contributed by atoms with E-state index in [4.69, 9.17) is 4.74 Å². The Bertz CT molecular complexity index is 1040. The molecular weight excluding hydrogens is 348 g/mol. The highest BCUT2D eigenvalue weighted by molar-refractivity contribution is 7.15. The first-order valence-corrected chi connectivity index (χ1v) is 8.91. The third kappa shape index (κ3) is 3.29. The van der Waals surface area contributed by atoms with Gasteiger partial charge in [-0.15, -0.1) is 11.3 Å². The summed E-state index contributed by atoms with van der Waals surface area (Å²) < 4.78 is 6.98. The molecule has 6 nitrogen and oxygen atoms in total. The number of hydrogen-bond donors (Lipinski definition) is 1. The third-order valence-corrected chi connectivity index (χ3v) is 4.81. The lowest BCUT2D eigenvalue weighted by Crippen LogP contribution is -2.15. The minimum Gasteiger partial charge on any atom is -0.481 e. The summed E-state index contributed by atoms with van der Waals surface area (Å²) in [5.41, 5.74) is 3.50. The van der Waals surface area contributed by atoms with Crippen molar-refractivity contribution < 1.29 is 9.53 Å². The van der Waals surface area contributed by atoms with Crippen molar-refractivity contribution in [3.63, 3.8) is 0 Å². The molecule has 1 aromatic carbocycles. The molecule has 4 aromatic rings. The fourth-order valence-electron chi connectivity index (χ4n) is 2.65. The molecule has 26 heavy (non-hydrogen) atoms. The van der Waals surface area contributed by atoms with E-state index in [1.54, 1.807) is 25.4 Å². The Labute approximate surface area is 154 Å². The molecule has 0 saturated heterocycles. The normalized spacial score (nSPS) is 10.8. The van der Waals surface area contributed by atoms with Crippen LogP contribution in [0.3, 0.4) is 0 Å². The molecule has 0 bridgehead atoms. The molecule has 0 aliphatic carbocycles. The average molecular weight is 364 g/mol. The van der Waals surface area contributed by atoms with Crippen LogP contribution >= 0.6 is 11.3 Å². The molecule has 0 fully saturated rings. The van der Waals surface area contributed by atoms with Crippen molar-refractivity contribution in [1.82, 2.24) is 14.4 Å². The van der Waals surface area contributed by atoms with Crippen LogP contribution in [0.5, 0.6) is 5.88 Å². The Morgan fingerprint density at radius 2 is 2.08 bits per heavy atom. The molecule has 3 aromatic heterocycles. The number of pyridine rings is 1. The lowest BCUT2D eigenvalue weighted by Gasteiger charge is -2.05. The van der Waals surface area contributed by atoms with Crippen LogP contribution in [0.15, 0.2) is 60.2 Å². The standard InChI is InChI=1S/C19H16N4O2S/c1-25-18-8-7-14(10-20-18)21-17(24)9-15-12-26-19-22-16(11-23(15)19)13-5-3-2-4-6-13/h2-8,10-12H,9H2,1H3,(H,21,24). The van der Waals surface area contributed by atoms with Crippen LogP contribution in [0.4, 0.5) is 5.69 Å². The number of rotatable bonds is 5. The molecule has 0 spiro atoms. The summed E-state index contributed by atoms with van der Waals surface area (Å²) in [6.45, 7) is 0. The number of benzene rings is 1. The number of nitrogens with zero attached hydrogens (tertiary/aromatic N) is 3. The largest absolute Gasteiger partial charge is 0.481 e. The fourth-order valence-corrected chi connectivity index (χ4v) is 3.52. The van der Waals surface area contributed by atoms with Crippen molar-refractivity contribution in [2.75, 3.05) is 12.4 Å². The number of ether oxygens (including phenoxy) is 1. The van der Waals surface area contributed by atoms with Crippen molar-refractivity contribution in [2.45, 2.75) is 6.42 Å². The van der Waals surface area contributed by atoms with E-state index in [9.17, 15) is 4.79 Å². The maximum atomic E-state index is 12.4. The van der Waals surface area contributed by atoms with Crippen LogP contribution < -0.4 is 10.1 Å². The summed E-state index contributed by atoms with van der Waals surface area (Å²) in [4.78, 5) is 22.0. The van der Waals surface area contributed by atoms with Crippen molar-refractivity contribution >= 4 is 27.9 Å². The van der Waals surface area contributed by atoms with Crippen LogP contribution in [-0.4, -0.2) is 27.4 Å². The monoisotopic (exact) mass is 364 g/mol. The highest BCUT2D eigenvalue weighted by Crippen LogP contribution is 2.24. The number of imidazole rings is 1. The second kappa shape index (κ2) is 6.97. The Morgan fingerprint density at radius 1 is 1.23 bits per heavy atom. The van der Waals surface area contributed by atoms with Gasteiger partial charge in [0.05, 0.1) is 31.1 Å². The number of nitrogens with one attached hydrogen (secondary N) is 1. The molecule has 0 aliphatic heterocycles. The fraction of sp³-hybridized carbons (Fsp3) is 0.105.